The molecule has 1 aliphatic carbocycles. The second kappa shape index (κ2) is 3.63. The number of likely N-dealkylation sites (tertiary alicyclic amines) is 1. The van der Waals surface area contributed by atoms with E-state index >= 15 is 0 Å². The average molecular weight is 220 g/mol. The predicted molar refractivity (Wildman–Crippen MR) is 59.1 cm³/mol. The highest BCUT2D eigenvalue weighted by atomic mass is 16.5. The highest BCUT2D eigenvalue weighted by Crippen LogP contribution is 2.39. The lowest BCUT2D eigenvalue weighted by Gasteiger charge is -2.30. The lowest BCUT2D eigenvalue weighted by molar-refractivity contribution is 0.0295. The Morgan fingerprint density at radius 3 is 3.00 bits per heavy atom. The van der Waals surface area contributed by atoms with Crippen LogP contribution in [0.1, 0.15) is 23.2 Å². The van der Waals surface area contributed by atoms with Crippen LogP contribution in [0.5, 0.6) is 0 Å². The minimum atomic E-state index is 0.156. The zero-order valence-corrected chi connectivity index (χ0v) is 9.35. The molecule has 4 heteroatoms. The van der Waals surface area contributed by atoms with Crippen molar-refractivity contribution in [2.24, 2.45) is 5.92 Å². The number of hydrogen-bond acceptors (Lipinski definition) is 2. The van der Waals surface area contributed by atoms with E-state index in [1.54, 1.807) is 19.5 Å². The summed E-state index contributed by atoms with van der Waals surface area (Å²) in [6.45, 7) is 0.854. The Morgan fingerprint density at radius 2 is 2.44 bits per heavy atom. The topological polar surface area (TPSA) is 45.3 Å². The molecule has 2 heterocycles. The molecule has 86 valence electrons. The number of methoxy groups -OCH3 is 1. The molecule has 1 saturated heterocycles. The third-order valence-electron chi connectivity index (χ3n) is 3.89. The maximum atomic E-state index is 12.2. The number of ether oxygens (including phenoxy) is 1. The first-order valence-corrected chi connectivity index (χ1v) is 5.76. The third kappa shape index (κ3) is 1.37. The van der Waals surface area contributed by atoms with Crippen LogP contribution in [0.4, 0.5) is 0 Å². The molecule has 4 nitrogen and oxygen atoms in total. The number of carbonyl (C=O) groups is 1. The molecule has 2 aliphatic rings. The van der Waals surface area contributed by atoms with Gasteiger partial charge in [-0.05, 0) is 18.9 Å². The summed E-state index contributed by atoms with van der Waals surface area (Å²) < 4.78 is 5.42. The Labute approximate surface area is 94.6 Å². The number of piperidine rings is 1. The lowest BCUT2D eigenvalue weighted by Crippen LogP contribution is -2.41. The van der Waals surface area contributed by atoms with E-state index in [1.165, 1.54) is 0 Å². The van der Waals surface area contributed by atoms with Crippen LogP contribution in [0.3, 0.4) is 0 Å². The normalized spacial score (nSPS) is 32.3. The summed E-state index contributed by atoms with van der Waals surface area (Å²) in [6, 6.07) is 2.22. The van der Waals surface area contributed by atoms with Gasteiger partial charge in [0.25, 0.3) is 5.91 Å². The zero-order valence-electron chi connectivity index (χ0n) is 9.35. The van der Waals surface area contributed by atoms with Gasteiger partial charge in [-0.25, -0.2) is 0 Å². The fourth-order valence-electron chi connectivity index (χ4n) is 3.07. The van der Waals surface area contributed by atoms with Crippen LogP contribution in [0.15, 0.2) is 18.5 Å². The van der Waals surface area contributed by atoms with Crippen LogP contribution in [0.2, 0.25) is 0 Å². The summed E-state index contributed by atoms with van der Waals surface area (Å²) in [5.74, 6) is 0.696. The number of hydrogen-bond donors (Lipinski definition) is 1. The fourth-order valence-corrected chi connectivity index (χ4v) is 3.07. The minimum absolute atomic E-state index is 0.156. The summed E-state index contributed by atoms with van der Waals surface area (Å²) in [7, 11) is 1.77. The summed E-state index contributed by atoms with van der Waals surface area (Å²) in [4.78, 5) is 17.1. The van der Waals surface area contributed by atoms with Gasteiger partial charge in [-0.2, -0.15) is 0 Å². The van der Waals surface area contributed by atoms with Gasteiger partial charge in [0.2, 0.25) is 0 Å². The third-order valence-corrected chi connectivity index (χ3v) is 3.89. The molecular formula is C12H16N2O2. The van der Waals surface area contributed by atoms with Gasteiger partial charge in [0.1, 0.15) is 0 Å². The number of carbonyl (C=O) groups excluding carboxylic acids is 1. The molecule has 16 heavy (non-hydrogen) atoms. The Bertz CT molecular complexity index is 388. The highest BCUT2D eigenvalue weighted by Gasteiger charge is 2.46. The molecule has 1 aromatic rings. The second-order valence-electron chi connectivity index (χ2n) is 4.72. The highest BCUT2D eigenvalue weighted by molar-refractivity contribution is 5.94. The summed E-state index contributed by atoms with van der Waals surface area (Å²) in [6.07, 6.45) is 6.02. The Balaban J connectivity index is 1.74. The van der Waals surface area contributed by atoms with Crippen molar-refractivity contribution in [2.45, 2.75) is 25.0 Å². The van der Waals surface area contributed by atoms with Crippen molar-refractivity contribution in [3.63, 3.8) is 0 Å². The van der Waals surface area contributed by atoms with E-state index in [0.29, 0.717) is 18.1 Å². The Hall–Kier alpha value is -1.29. The number of aromatic nitrogens is 1. The Morgan fingerprint density at radius 1 is 1.56 bits per heavy atom. The average Bonchev–Trinajstić information content (AvgIpc) is 3.02. The van der Waals surface area contributed by atoms with Crippen LogP contribution in [0.25, 0.3) is 0 Å². The van der Waals surface area contributed by atoms with Crippen LogP contribution >= 0.6 is 0 Å². The molecule has 0 spiro atoms. The molecule has 1 aromatic heterocycles. The van der Waals surface area contributed by atoms with Crippen LogP contribution < -0.4 is 0 Å². The van der Waals surface area contributed by atoms with Gasteiger partial charge in [0, 0.05) is 38.0 Å². The van der Waals surface area contributed by atoms with Gasteiger partial charge in [-0.1, -0.05) is 0 Å². The van der Waals surface area contributed by atoms with Crippen molar-refractivity contribution in [2.75, 3.05) is 13.7 Å². The lowest BCUT2D eigenvalue weighted by atomic mass is 10.1. The van der Waals surface area contributed by atoms with Crippen molar-refractivity contribution >= 4 is 5.91 Å². The van der Waals surface area contributed by atoms with E-state index in [0.717, 1.165) is 24.9 Å². The summed E-state index contributed by atoms with van der Waals surface area (Å²) in [5.41, 5.74) is 0.765. The molecule has 0 aromatic carbocycles. The molecule has 1 aliphatic heterocycles. The van der Waals surface area contributed by atoms with Crippen LogP contribution in [0, 0.1) is 5.92 Å². The molecule has 3 rings (SSSR count). The van der Waals surface area contributed by atoms with Crippen molar-refractivity contribution in [1.82, 2.24) is 9.88 Å². The van der Waals surface area contributed by atoms with Crippen molar-refractivity contribution in [3.05, 3.63) is 24.0 Å². The van der Waals surface area contributed by atoms with Gasteiger partial charge in [0.05, 0.1) is 11.7 Å². The molecule has 0 radical (unpaired) electrons. The molecule has 3 atom stereocenters. The molecule has 1 saturated carbocycles. The molecule has 2 bridgehead atoms. The number of fused-ring (bicyclic) bond motifs is 2. The minimum Gasteiger partial charge on any atom is -0.381 e. The van der Waals surface area contributed by atoms with E-state index in [-0.39, 0.29) is 5.91 Å². The van der Waals surface area contributed by atoms with Crippen molar-refractivity contribution in [3.8, 4) is 0 Å². The molecular weight excluding hydrogens is 204 g/mol. The number of aromatic amines is 1. The maximum absolute atomic E-state index is 12.2. The fraction of sp³-hybridized carbons (Fsp3) is 0.583. The van der Waals surface area contributed by atoms with Gasteiger partial charge in [-0.15, -0.1) is 0 Å². The number of nitrogens with zero attached hydrogens (tertiary/aromatic N) is 1. The number of nitrogens with one attached hydrogen (secondary N) is 1. The maximum Gasteiger partial charge on any atom is 0.255 e. The smallest absolute Gasteiger partial charge is 0.255 e. The van der Waals surface area contributed by atoms with Crippen molar-refractivity contribution < 1.29 is 9.53 Å². The molecule has 2 fully saturated rings. The standard InChI is InChI=1S/C12H16N2O2/c1-16-11-5-10-4-9(11)7-14(10)12(15)8-2-3-13-6-8/h2-3,6,9-11,13H,4-5,7H2,1H3. The number of amides is 1. The largest absolute Gasteiger partial charge is 0.381 e. The molecule has 1 N–H and O–H groups in total. The summed E-state index contributed by atoms with van der Waals surface area (Å²) in [5, 5.41) is 0. The van der Waals surface area contributed by atoms with Gasteiger partial charge >= 0.3 is 0 Å². The SMILES string of the molecule is COC1CC2CC1CN2C(=O)c1cc[nH]c1. The Kier molecular flexibility index (Phi) is 2.24. The van der Waals surface area contributed by atoms with Gasteiger partial charge in [-0.3, -0.25) is 4.79 Å². The number of H-pyrrole nitrogens is 1. The quantitative estimate of drug-likeness (QED) is 0.815. The second-order valence-corrected chi connectivity index (χ2v) is 4.72. The van der Waals surface area contributed by atoms with E-state index in [9.17, 15) is 4.79 Å². The molecule has 3 unspecified atom stereocenters. The first-order valence-electron chi connectivity index (χ1n) is 5.76. The van der Waals surface area contributed by atoms with Gasteiger partial charge < -0.3 is 14.6 Å². The summed E-state index contributed by atoms with van der Waals surface area (Å²) >= 11 is 0. The van der Waals surface area contributed by atoms with Crippen LogP contribution in [-0.2, 0) is 4.74 Å². The molecule has 1 amide bonds. The number of rotatable bonds is 2. The first kappa shape index (κ1) is 9.90. The van der Waals surface area contributed by atoms with E-state index in [4.69, 9.17) is 4.74 Å². The van der Waals surface area contributed by atoms with Crippen LogP contribution in [-0.4, -0.2) is 41.6 Å². The van der Waals surface area contributed by atoms with E-state index < -0.39 is 0 Å². The van der Waals surface area contributed by atoms with Crippen molar-refractivity contribution in [1.29, 1.82) is 0 Å². The predicted octanol–water partition coefficient (Wildman–Crippen LogP) is 1.26. The van der Waals surface area contributed by atoms with E-state index in [1.807, 2.05) is 11.0 Å². The monoisotopic (exact) mass is 220 g/mol. The van der Waals surface area contributed by atoms with Gasteiger partial charge in [0.15, 0.2) is 0 Å². The van der Waals surface area contributed by atoms with E-state index in [2.05, 4.69) is 4.98 Å². The first-order chi connectivity index (χ1) is 7.79. The zero-order chi connectivity index (χ0) is 11.1.